The molecule has 0 saturated heterocycles. The zero-order chi connectivity index (χ0) is 15.7. The van der Waals surface area contributed by atoms with Gasteiger partial charge in [0.05, 0.1) is 10.5 Å². The van der Waals surface area contributed by atoms with Crippen molar-refractivity contribution in [1.29, 1.82) is 0 Å². The smallest absolute Gasteiger partial charge is 0.343 e. The molecule has 0 atom stereocenters. The Labute approximate surface area is 125 Å². The third-order valence-corrected chi connectivity index (χ3v) is 3.18. The summed E-state index contributed by atoms with van der Waals surface area (Å²) in [5.74, 6) is 0.804. The molecule has 0 fully saturated rings. The van der Waals surface area contributed by atoms with Crippen LogP contribution < -0.4 is 14.2 Å². The Kier molecular flexibility index (Phi) is 3.38. The van der Waals surface area contributed by atoms with Gasteiger partial charge in [0, 0.05) is 17.7 Å². The second kappa shape index (κ2) is 5.36. The largest absolute Gasteiger partial charge is 0.454 e. The third kappa shape index (κ3) is 2.56. The average molecular weight is 301 g/mol. The van der Waals surface area contributed by atoms with E-state index in [9.17, 15) is 14.9 Å². The highest BCUT2D eigenvalue weighted by Crippen LogP contribution is 2.35. The molecular formula is C15H11NO6. The summed E-state index contributed by atoms with van der Waals surface area (Å²) in [7, 11) is 0. The van der Waals surface area contributed by atoms with Crippen molar-refractivity contribution in [2.75, 3.05) is 6.79 Å². The molecule has 1 heterocycles. The number of ether oxygens (including phenoxy) is 3. The van der Waals surface area contributed by atoms with Gasteiger partial charge in [-0.2, -0.15) is 0 Å². The van der Waals surface area contributed by atoms with Crippen LogP contribution in [-0.2, 0) is 0 Å². The maximum absolute atomic E-state index is 12.1. The maximum Gasteiger partial charge on any atom is 0.343 e. The van der Waals surface area contributed by atoms with Crippen LogP contribution in [0.3, 0.4) is 0 Å². The maximum atomic E-state index is 12.1. The molecule has 1 aliphatic rings. The zero-order valence-electron chi connectivity index (χ0n) is 11.6. The van der Waals surface area contributed by atoms with Gasteiger partial charge in [-0.05, 0) is 31.2 Å². The van der Waals surface area contributed by atoms with Gasteiger partial charge in [-0.3, -0.25) is 10.1 Å². The van der Waals surface area contributed by atoms with Crippen LogP contribution in [0.25, 0.3) is 0 Å². The molecule has 7 nitrogen and oxygen atoms in total. The Bertz CT molecular complexity index is 771. The van der Waals surface area contributed by atoms with Crippen LogP contribution in [-0.4, -0.2) is 17.7 Å². The van der Waals surface area contributed by atoms with Crippen LogP contribution in [0.15, 0.2) is 36.4 Å². The topological polar surface area (TPSA) is 87.9 Å². The van der Waals surface area contributed by atoms with E-state index in [1.807, 2.05) is 0 Å². The summed E-state index contributed by atoms with van der Waals surface area (Å²) in [5, 5.41) is 10.8. The lowest BCUT2D eigenvalue weighted by molar-refractivity contribution is -0.385. The second-order valence-corrected chi connectivity index (χ2v) is 4.66. The van der Waals surface area contributed by atoms with Crippen molar-refractivity contribution in [3.8, 4) is 17.2 Å². The summed E-state index contributed by atoms with van der Waals surface area (Å²) in [6.45, 7) is 1.70. The lowest BCUT2D eigenvalue weighted by Crippen LogP contribution is -2.09. The monoisotopic (exact) mass is 301 g/mol. The number of hydrogen-bond donors (Lipinski definition) is 0. The predicted octanol–water partition coefficient (Wildman–Crippen LogP) is 2.85. The lowest BCUT2D eigenvalue weighted by Gasteiger charge is -2.06. The number of nitro groups is 1. The molecule has 0 bridgehead atoms. The number of nitro benzene ring substituents is 1. The first-order valence-corrected chi connectivity index (χ1v) is 6.41. The van der Waals surface area contributed by atoms with Gasteiger partial charge in [0.25, 0.3) is 5.69 Å². The van der Waals surface area contributed by atoms with E-state index < -0.39 is 10.9 Å². The zero-order valence-corrected chi connectivity index (χ0v) is 11.6. The second-order valence-electron chi connectivity index (χ2n) is 4.66. The number of fused-ring (bicyclic) bond motifs is 1. The number of carbonyl (C=O) groups excluding carboxylic acids is 1. The predicted molar refractivity (Wildman–Crippen MR) is 75.4 cm³/mol. The first kappa shape index (κ1) is 13.9. The van der Waals surface area contributed by atoms with E-state index in [0.29, 0.717) is 22.8 Å². The molecule has 0 unspecified atom stereocenters. The number of nitrogens with zero attached hydrogens (tertiary/aromatic N) is 1. The molecule has 112 valence electrons. The van der Waals surface area contributed by atoms with Gasteiger partial charge in [0.15, 0.2) is 11.5 Å². The molecule has 1 aliphatic heterocycles. The Hall–Kier alpha value is -3.09. The van der Waals surface area contributed by atoms with E-state index in [1.54, 1.807) is 25.1 Å². The summed E-state index contributed by atoms with van der Waals surface area (Å²) in [6, 6.07) is 8.85. The van der Waals surface area contributed by atoms with Gasteiger partial charge in [-0.1, -0.05) is 0 Å². The van der Waals surface area contributed by atoms with Gasteiger partial charge in [0.2, 0.25) is 6.79 Å². The molecule has 0 radical (unpaired) electrons. The summed E-state index contributed by atoms with van der Waals surface area (Å²) < 4.78 is 15.6. The number of esters is 1. The fourth-order valence-electron chi connectivity index (χ4n) is 2.09. The number of carbonyl (C=O) groups is 1. The minimum absolute atomic E-state index is 0.0420. The number of rotatable bonds is 3. The van der Waals surface area contributed by atoms with Crippen LogP contribution in [0.5, 0.6) is 17.2 Å². The van der Waals surface area contributed by atoms with E-state index in [2.05, 4.69) is 0 Å². The van der Waals surface area contributed by atoms with Crippen LogP contribution in [0.4, 0.5) is 5.69 Å². The number of benzene rings is 2. The van der Waals surface area contributed by atoms with E-state index >= 15 is 0 Å². The molecule has 2 aromatic rings. The molecule has 2 aromatic carbocycles. The van der Waals surface area contributed by atoms with E-state index in [1.165, 1.54) is 18.2 Å². The van der Waals surface area contributed by atoms with Crippen molar-refractivity contribution in [2.24, 2.45) is 0 Å². The Morgan fingerprint density at radius 1 is 1.18 bits per heavy atom. The van der Waals surface area contributed by atoms with Crippen LogP contribution in [0.2, 0.25) is 0 Å². The van der Waals surface area contributed by atoms with Crippen LogP contribution in [0, 0.1) is 17.0 Å². The first-order valence-electron chi connectivity index (χ1n) is 6.41. The average Bonchev–Trinajstić information content (AvgIpc) is 2.94. The number of aryl methyl sites for hydroxylation is 1. The standard InChI is InChI=1S/C15H11NO6/c1-9-6-10(2-4-12(9)16(18)19)15(17)22-11-3-5-13-14(7-11)21-8-20-13/h2-7H,8H2,1H3. The van der Waals surface area contributed by atoms with E-state index in [4.69, 9.17) is 14.2 Å². The summed E-state index contributed by atoms with van der Waals surface area (Å²) in [4.78, 5) is 22.4. The van der Waals surface area contributed by atoms with Crippen molar-refractivity contribution in [3.05, 3.63) is 57.6 Å². The molecule has 0 amide bonds. The van der Waals surface area contributed by atoms with E-state index in [0.717, 1.165) is 0 Å². The molecule has 0 aliphatic carbocycles. The highest BCUT2D eigenvalue weighted by atomic mass is 16.7. The minimum Gasteiger partial charge on any atom is -0.454 e. The third-order valence-electron chi connectivity index (χ3n) is 3.18. The summed E-state index contributed by atoms with van der Waals surface area (Å²) in [5.41, 5.74) is 0.588. The Morgan fingerprint density at radius 2 is 1.95 bits per heavy atom. The quantitative estimate of drug-likeness (QED) is 0.375. The number of hydrogen-bond acceptors (Lipinski definition) is 6. The molecule has 0 N–H and O–H groups in total. The fraction of sp³-hybridized carbons (Fsp3) is 0.133. The highest BCUT2D eigenvalue weighted by molar-refractivity contribution is 5.91. The van der Waals surface area contributed by atoms with Crippen molar-refractivity contribution < 1.29 is 23.9 Å². The summed E-state index contributed by atoms with van der Waals surface area (Å²) in [6.07, 6.45) is 0. The van der Waals surface area contributed by atoms with Crippen LogP contribution in [0.1, 0.15) is 15.9 Å². The van der Waals surface area contributed by atoms with Gasteiger partial charge in [-0.15, -0.1) is 0 Å². The van der Waals surface area contributed by atoms with Crippen molar-refractivity contribution in [1.82, 2.24) is 0 Å². The fourth-order valence-corrected chi connectivity index (χ4v) is 2.09. The lowest BCUT2D eigenvalue weighted by atomic mass is 10.1. The van der Waals surface area contributed by atoms with Crippen molar-refractivity contribution in [2.45, 2.75) is 6.92 Å². The van der Waals surface area contributed by atoms with Gasteiger partial charge >= 0.3 is 5.97 Å². The van der Waals surface area contributed by atoms with Crippen molar-refractivity contribution >= 4 is 11.7 Å². The minimum atomic E-state index is -0.600. The van der Waals surface area contributed by atoms with Crippen molar-refractivity contribution in [3.63, 3.8) is 0 Å². The van der Waals surface area contributed by atoms with E-state index in [-0.39, 0.29) is 18.0 Å². The highest BCUT2D eigenvalue weighted by Gasteiger charge is 2.18. The van der Waals surface area contributed by atoms with Gasteiger partial charge < -0.3 is 14.2 Å². The van der Waals surface area contributed by atoms with Gasteiger partial charge in [0.1, 0.15) is 5.75 Å². The van der Waals surface area contributed by atoms with Gasteiger partial charge in [-0.25, -0.2) is 4.79 Å². The van der Waals surface area contributed by atoms with Crippen LogP contribution >= 0.6 is 0 Å². The summed E-state index contributed by atoms with van der Waals surface area (Å²) >= 11 is 0. The molecule has 7 heteroatoms. The Morgan fingerprint density at radius 3 is 2.68 bits per heavy atom. The molecule has 3 rings (SSSR count). The Balaban J connectivity index is 1.80. The first-order chi connectivity index (χ1) is 10.5. The molecule has 0 spiro atoms. The normalized spacial score (nSPS) is 12.0. The SMILES string of the molecule is Cc1cc(C(=O)Oc2ccc3c(c2)OCO3)ccc1[N+](=O)[O-]. The molecule has 0 aromatic heterocycles. The molecule has 22 heavy (non-hydrogen) atoms. The molecular weight excluding hydrogens is 290 g/mol. The molecule has 0 saturated carbocycles.